The highest BCUT2D eigenvalue weighted by Crippen LogP contribution is 2.28. The van der Waals surface area contributed by atoms with Gasteiger partial charge in [-0.15, -0.1) is 0 Å². The lowest BCUT2D eigenvalue weighted by atomic mass is 9.91. The van der Waals surface area contributed by atoms with E-state index in [0.29, 0.717) is 0 Å². The second-order valence-corrected chi connectivity index (χ2v) is 6.53. The Balaban J connectivity index is 2.14. The Morgan fingerprint density at radius 2 is 1.76 bits per heavy atom. The number of rotatable bonds is 0. The second kappa shape index (κ2) is 4.04. The van der Waals surface area contributed by atoms with Crippen LogP contribution in [0, 0.1) is 0 Å². The van der Waals surface area contributed by atoms with Gasteiger partial charge in [0.2, 0.25) is 0 Å². The van der Waals surface area contributed by atoms with Gasteiger partial charge in [-0.25, -0.2) is 4.52 Å². The highest BCUT2D eigenvalue weighted by atomic mass is 15.2. The van der Waals surface area contributed by atoms with Crippen molar-refractivity contribution >= 4 is 27.3 Å². The van der Waals surface area contributed by atoms with Crippen molar-refractivity contribution in [2.75, 3.05) is 0 Å². The summed E-state index contributed by atoms with van der Waals surface area (Å²) in [7, 11) is 0. The van der Waals surface area contributed by atoms with Gasteiger partial charge in [0.05, 0.1) is 17.2 Å². The van der Waals surface area contributed by atoms with Crippen LogP contribution >= 0.6 is 0 Å². The second-order valence-electron chi connectivity index (χ2n) is 6.53. The predicted molar refractivity (Wildman–Crippen MR) is 86.7 cm³/mol. The molecule has 0 N–H and O–H groups in total. The Hall–Kier alpha value is -2.42. The SMILES string of the molecule is CC(C)(C)c1cc2c(cn1)nn1c3ccccc3ccc21. The van der Waals surface area contributed by atoms with Gasteiger partial charge < -0.3 is 0 Å². The first-order valence-electron chi connectivity index (χ1n) is 7.21. The van der Waals surface area contributed by atoms with Gasteiger partial charge in [-0.2, -0.15) is 5.10 Å². The van der Waals surface area contributed by atoms with E-state index in [1.54, 1.807) is 0 Å². The Morgan fingerprint density at radius 3 is 2.57 bits per heavy atom. The van der Waals surface area contributed by atoms with Crippen LogP contribution in [-0.4, -0.2) is 14.6 Å². The van der Waals surface area contributed by atoms with Crippen LogP contribution in [-0.2, 0) is 5.41 Å². The molecule has 0 aliphatic rings. The van der Waals surface area contributed by atoms with Gasteiger partial charge in [0.25, 0.3) is 0 Å². The molecule has 0 aliphatic carbocycles. The molecule has 0 fully saturated rings. The van der Waals surface area contributed by atoms with Gasteiger partial charge in [0.1, 0.15) is 5.52 Å². The van der Waals surface area contributed by atoms with Crippen molar-refractivity contribution in [3.63, 3.8) is 0 Å². The van der Waals surface area contributed by atoms with Gasteiger partial charge >= 0.3 is 0 Å². The number of nitrogens with zero attached hydrogens (tertiary/aromatic N) is 3. The van der Waals surface area contributed by atoms with E-state index >= 15 is 0 Å². The molecular weight excluding hydrogens is 258 g/mol. The average molecular weight is 275 g/mol. The number of benzene rings is 1. The highest BCUT2D eigenvalue weighted by molar-refractivity contribution is 5.97. The van der Waals surface area contributed by atoms with E-state index in [1.807, 2.05) is 16.8 Å². The minimum atomic E-state index is 0.0410. The molecule has 3 heteroatoms. The van der Waals surface area contributed by atoms with Gasteiger partial charge in [0, 0.05) is 21.9 Å². The number of para-hydroxylation sites is 1. The Morgan fingerprint density at radius 1 is 0.952 bits per heavy atom. The first-order chi connectivity index (χ1) is 10.0. The van der Waals surface area contributed by atoms with E-state index in [-0.39, 0.29) is 5.41 Å². The Bertz CT molecular complexity index is 974. The number of pyridine rings is 2. The first kappa shape index (κ1) is 12.3. The van der Waals surface area contributed by atoms with E-state index in [9.17, 15) is 0 Å². The maximum Gasteiger partial charge on any atom is 0.112 e. The molecule has 1 aromatic carbocycles. The summed E-state index contributed by atoms with van der Waals surface area (Å²) in [4.78, 5) is 4.58. The summed E-state index contributed by atoms with van der Waals surface area (Å²) in [5.41, 5.74) is 4.34. The van der Waals surface area contributed by atoms with Crippen molar-refractivity contribution in [2.24, 2.45) is 0 Å². The smallest absolute Gasteiger partial charge is 0.112 e. The van der Waals surface area contributed by atoms with Crippen molar-refractivity contribution in [2.45, 2.75) is 26.2 Å². The summed E-state index contributed by atoms with van der Waals surface area (Å²) in [6.45, 7) is 6.55. The number of hydrogen-bond acceptors (Lipinski definition) is 2. The molecular formula is C18H17N3. The Kier molecular flexibility index (Phi) is 2.37. The van der Waals surface area contributed by atoms with Crippen LogP contribution in [0.4, 0.5) is 0 Å². The van der Waals surface area contributed by atoms with Crippen LogP contribution in [0.3, 0.4) is 0 Å². The third-order valence-electron chi connectivity index (χ3n) is 3.95. The fourth-order valence-corrected chi connectivity index (χ4v) is 2.75. The quantitative estimate of drug-likeness (QED) is 0.478. The van der Waals surface area contributed by atoms with Crippen molar-refractivity contribution in [3.8, 4) is 0 Å². The number of fused-ring (bicyclic) bond motifs is 5. The molecule has 4 rings (SSSR count). The Labute approximate surface area is 123 Å². The maximum absolute atomic E-state index is 4.72. The summed E-state index contributed by atoms with van der Waals surface area (Å²) in [6.07, 6.45) is 1.89. The highest BCUT2D eigenvalue weighted by Gasteiger charge is 2.17. The number of hydrogen-bond donors (Lipinski definition) is 0. The minimum Gasteiger partial charge on any atom is -0.258 e. The minimum absolute atomic E-state index is 0.0410. The van der Waals surface area contributed by atoms with Crippen LogP contribution in [0.2, 0.25) is 0 Å². The average Bonchev–Trinajstić information content (AvgIpc) is 2.84. The topological polar surface area (TPSA) is 30.2 Å². The molecule has 3 aromatic heterocycles. The fraction of sp³-hybridized carbons (Fsp3) is 0.222. The van der Waals surface area contributed by atoms with Crippen molar-refractivity contribution in [3.05, 3.63) is 54.4 Å². The lowest BCUT2D eigenvalue weighted by molar-refractivity contribution is 0.570. The molecule has 3 heterocycles. The van der Waals surface area contributed by atoms with E-state index in [4.69, 9.17) is 5.10 Å². The van der Waals surface area contributed by atoms with Crippen LogP contribution in [0.1, 0.15) is 26.5 Å². The fourth-order valence-electron chi connectivity index (χ4n) is 2.75. The lowest BCUT2D eigenvalue weighted by Gasteiger charge is -2.17. The van der Waals surface area contributed by atoms with Crippen molar-refractivity contribution in [1.82, 2.24) is 14.6 Å². The summed E-state index contributed by atoms with van der Waals surface area (Å²) in [5.74, 6) is 0. The third kappa shape index (κ3) is 1.81. The lowest BCUT2D eigenvalue weighted by Crippen LogP contribution is -2.12. The molecule has 0 atom stereocenters. The molecule has 0 bridgehead atoms. The molecule has 3 nitrogen and oxygen atoms in total. The summed E-state index contributed by atoms with van der Waals surface area (Å²) < 4.78 is 2.02. The molecule has 104 valence electrons. The molecule has 21 heavy (non-hydrogen) atoms. The van der Waals surface area contributed by atoms with Crippen LogP contribution in [0.25, 0.3) is 27.3 Å². The molecule has 0 saturated heterocycles. The summed E-state index contributed by atoms with van der Waals surface area (Å²) in [6, 6.07) is 14.8. The molecule has 0 spiro atoms. The van der Waals surface area contributed by atoms with Crippen LogP contribution in [0.15, 0.2) is 48.7 Å². The molecule has 4 aromatic rings. The first-order valence-corrected chi connectivity index (χ1v) is 7.21. The largest absolute Gasteiger partial charge is 0.258 e. The molecule has 0 aliphatic heterocycles. The maximum atomic E-state index is 4.72. The zero-order chi connectivity index (χ0) is 14.6. The zero-order valence-corrected chi connectivity index (χ0v) is 12.5. The molecule has 0 saturated carbocycles. The molecule has 0 amide bonds. The van der Waals surface area contributed by atoms with Crippen LogP contribution < -0.4 is 0 Å². The van der Waals surface area contributed by atoms with Gasteiger partial charge in [0.15, 0.2) is 0 Å². The van der Waals surface area contributed by atoms with E-state index < -0.39 is 0 Å². The van der Waals surface area contributed by atoms with Crippen LogP contribution in [0.5, 0.6) is 0 Å². The molecule has 0 unspecified atom stereocenters. The van der Waals surface area contributed by atoms with Gasteiger partial charge in [-0.05, 0) is 18.2 Å². The van der Waals surface area contributed by atoms with E-state index in [2.05, 4.69) is 62.2 Å². The predicted octanol–water partition coefficient (Wildman–Crippen LogP) is 4.33. The van der Waals surface area contributed by atoms with Gasteiger partial charge in [-0.3, -0.25) is 4.98 Å². The van der Waals surface area contributed by atoms with Crippen molar-refractivity contribution in [1.29, 1.82) is 0 Å². The summed E-state index contributed by atoms with van der Waals surface area (Å²) >= 11 is 0. The zero-order valence-electron chi connectivity index (χ0n) is 12.5. The standard InChI is InChI=1S/C18H17N3/c1-18(2,3)17-10-13-14(11-19-17)20-21-15-7-5-4-6-12(15)8-9-16(13)21/h4-11H,1-3H3. The van der Waals surface area contributed by atoms with Gasteiger partial charge in [-0.1, -0.05) is 45.0 Å². The molecule has 0 radical (unpaired) electrons. The number of aromatic nitrogens is 3. The summed E-state index contributed by atoms with van der Waals surface area (Å²) in [5, 5.41) is 7.08. The van der Waals surface area contributed by atoms with E-state index in [1.165, 1.54) is 10.8 Å². The van der Waals surface area contributed by atoms with E-state index in [0.717, 1.165) is 22.2 Å². The third-order valence-corrected chi connectivity index (χ3v) is 3.95. The normalized spacial score (nSPS) is 12.5. The van der Waals surface area contributed by atoms with Crippen molar-refractivity contribution < 1.29 is 0 Å². The monoisotopic (exact) mass is 275 g/mol.